The molecule has 0 amide bonds. The largest absolute Gasteiger partial charge is 0.508 e. The molecule has 2 rings (SSSR count). The third-order valence-electron chi connectivity index (χ3n) is 1.64. The first kappa shape index (κ1) is 13.2. The number of halogens is 3. The Morgan fingerprint density at radius 1 is 0.750 bits per heavy atom. The average Bonchev–Trinajstić information content (AvgIpc) is 2.26. The summed E-state index contributed by atoms with van der Waals surface area (Å²) in [6.07, 6.45) is 0. The number of para-hydroxylation sites is 1. The van der Waals surface area contributed by atoms with Gasteiger partial charge in [0.25, 0.3) is 0 Å². The second kappa shape index (κ2) is 6.64. The summed E-state index contributed by atoms with van der Waals surface area (Å²) in [7, 11) is 0. The molecule has 0 unspecified atom stereocenters. The molecule has 0 bridgehead atoms. The Bertz CT molecular complexity index is 443. The number of phenolic OH excluding ortho intramolecular Hbond substituents is 1. The van der Waals surface area contributed by atoms with E-state index in [4.69, 9.17) is 39.9 Å². The molecule has 0 heterocycles. The van der Waals surface area contributed by atoms with Gasteiger partial charge < -0.3 is 5.11 Å². The highest BCUT2D eigenvalue weighted by atomic mass is 35.5. The fourth-order valence-electron chi connectivity index (χ4n) is 0.898. The van der Waals surface area contributed by atoms with Gasteiger partial charge in [0.1, 0.15) is 5.75 Å². The summed E-state index contributed by atoms with van der Waals surface area (Å²) in [5.74, 6) is 0.322. The maximum atomic E-state index is 8.63. The maximum Gasteiger partial charge on any atom is 0.115 e. The lowest BCUT2D eigenvalue weighted by Gasteiger charge is -1.92. The van der Waals surface area contributed by atoms with Crippen molar-refractivity contribution in [2.75, 3.05) is 0 Å². The van der Waals surface area contributed by atoms with Crippen molar-refractivity contribution in [3.8, 4) is 5.75 Å². The van der Waals surface area contributed by atoms with Crippen LogP contribution in [0.15, 0.2) is 48.5 Å². The molecule has 1 N–H and O–H groups in total. The van der Waals surface area contributed by atoms with Crippen LogP contribution in [0.5, 0.6) is 5.75 Å². The minimum Gasteiger partial charge on any atom is -0.508 e. The summed E-state index contributed by atoms with van der Waals surface area (Å²) < 4.78 is 0. The van der Waals surface area contributed by atoms with Crippen LogP contribution in [0.2, 0.25) is 15.1 Å². The van der Waals surface area contributed by atoms with Gasteiger partial charge in [0.15, 0.2) is 0 Å². The minimum absolute atomic E-state index is 0.322. The fourth-order valence-corrected chi connectivity index (χ4v) is 1.42. The van der Waals surface area contributed by atoms with E-state index in [1.165, 1.54) is 0 Å². The summed E-state index contributed by atoms with van der Waals surface area (Å²) in [4.78, 5) is 0. The van der Waals surface area contributed by atoms with Crippen molar-refractivity contribution in [1.82, 2.24) is 0 Å². The molecule has 0 aromatic heterocycles. The number of hydrogen-bond donors (Lipinski definition) is 1. The zero-order valence-electron chi connectivity index (χ0n) is 8.20. The highest BCUT2D eigenvalue weighted by molar-refractivity contribution is 6.43. The van der Waals surface area contributed by atoms with Crippen molar-refractivity contribution in [2.45, 2.75) is 0 Å². The quantitative estimate of drug-likeness (QED) is 0.668. The van der Waals surface area contributed by atoms with Crippen LogP contribution in [-0.2, 0) is 0 Å². The van der Waals surface area contributed by atoms with Gasteiger partial charge >= 0.3 is 0 Å². The minimum atomic E-state index is 0.322. The number of hydrogen-bond acceptors (Lipinski definition) is 1. The summed E-state index contributed by atoms with van der Waals surface area (Å²) >= 11 is 16.8. The Balaban J connectivity index is 0.000000165. The normalized spacial score (nSPS) is 9.19. The topological polar surface area (TPSA) is 20.2 Å². The van der Waals surface area contributed by atoms with Gasteiger partial charge in [-0.3, -0.25) is 0 Å². The van der Waals surface area contributed by atoms with Crippen LogP contribution in [0.1, 0.15) is 0 Å². The molecule has 0 aliphatic heterocycles. The van der Waals surface area contributed by atoms with Crippen molar-refractivity contribution < 1.29 is 5.11 Å². The molecule has 84 valence electrons. The van der Waals surface area contributed by atoms with E-state index in [0.29, 0.717) is 20.8 Å². The maximum absolute atomic E-state index is 8.63. The molecule has 0 saturated heterocycles. The molecule has 1 nitrogen and oxygen atoms in total. The summed E-state index contributed by atoms with van der Waals surface area (Å²) in [6.45, 7) is 0. The predicted octanol–water partition coefficient (Wildman–Crippen LogP) is 5.04. The van der Waals surface area contributed by atoms with E-state index in [1.54, 1.807) is 42.5 Å². The zero-order valence-corrected chi connectivity index (χ0v) is 10.5. The SMILES string of the molecule is Clc1ccc(Cl)c(Cl)c1.Oc1ccccc1. The fraction of sp³-hybridized carbons (Fsp3) is 0. The first-order chi connectivity index (χ1) is 7.59. The number of rotatable bonds is 0. The first-order valence-electron chi connectivity index (χ1n) is 4.44. The third kappa shape index (κ3) is 4.75. The van der Waals surface area contributed by atoms with E-state index in [0.717, 1.165) is 0 Å². The molecule has 2 aromatic rings. The Morgan fingerprint density at radius 2 is 1.38 bits per heavy atom. The molecule has 2 aromatic carbocycles. The van der Waals surface area contributed by atoms with Crippen LogP contribution < -0.4 is 0 Å². The third-order valence-corrected chi connectivity index (χ3v) is 2.61. The second-order valence-corrected chi connectivity index (χ2v) is 4.14. The molecular formula is C12H9Cl3O. The van der Waals surface area contributed by atoms with E-state index in [-0.39, 0.29) is 0 Å². The van der Waals surface area contributed by atoms with Gasteiger partial charge in [-0.05, 0) is 30.3 Å². The molecule has 0 spiro atoms. The van der Waals surface area contributed by atoms with Gasteiger partial charge in [-0.2, -0.15) is 0 Å². The predicted molar refractivity (Wildman–Crippen MR) is 69.6 cm³/mol. The van der Waals surface area contributed by atoms with Crippen LogP contribution in [0, 0.1) is 0 Å². The van der Waals surface area contributed by atoms with Crippen molar-refractivity contribution in [1.29, 1.82) is 0 Å². The standard InChI is InChI=1S/C6H3Cl3.C6H6O/c7-4-1-2-5(8)6(9)3-4;7-6-4-2-1-3-5-6/h1-3H;1-5,7H. The van der Waals surface area contributed by atoms with Gasteiger partial charge in [0, 0.05) is 5.02 Å². The Morgan fingerprint density at radius 3 is 1.75 bits per heavy atom. The smallest absolute Gasteiger partial charge is 0.115 e. The summed E-state index contributed by atoms with van der Waals surface area (Å²) in [5.41, 5.74) is 0. The van der Waals surface area contributed by atoms with Crippen molar-refractivity contribution in [3.63, 3.8) is 0 Å². The van der Waals surface area contributed by atoms with Crippen molar-refractivity contribution >= 4 is 34.8 Å². The molecule has 0 aliphatic rings. The van der Waals surface area contributed by atoms with Crippen LogP contribution in [-0.4, -0.2) is 5.11 Å². The highest BCUT2D eigenvalue weighted by Gasteiger charge is 1.94. The van der Waals surface area contributed by atoms with Crippen molar-refractivity contribution in [3.05, 3.63) is 63.6 Å². The Labute approximate surface area is 109 Å². The lowest BCUT2D eigenvalue weighted by Crippen LogP contribution is -1.66. The van der Waals surface area contributed by atoms with Gasteiger partial charge in [0.05, 0.1) is 10.0 Å². The lowest BCUT2D eigenvalue weighted by atomic mass is 10.3. The van der Waals surface area contributed by atoms with Crippen LogP contribution in [0.3, 0.4) is 0 Å². The Hall–Kier alpha value is -0.890. The number of phenols is 1. The van der Waals surface area contributed by atoms with E-state index < -0.39 is 0 Å². The molecule has 4 heteroatoms. The lowest BCUT2D eigenvalue weighted by molar-refractivity contribution is 0.475. The molecule has 16 heavy (non-hydrogen) atoms. The van der Waals surface area contributed by atoms with E-state index in [9.17, 15) is 0 Å². The van der Waals surface area contributed by atoms with Gasteiger partial charge in [0.2, 0.25) is 0 Å². The number of aromatic hydroxyl groups is 1. The Kier molecular flexibility index (Phi) is 5.47. The molecular weight excluding hydrogens is 266 g/mol. The molecule has 0 aliphatic carbocycles. The summed E-state index contributed by atoms with van der Waals surface area (Å²) in [5, 5.41) is 10.3. The van der Waals surface area contributed by atoms with Crippen molar-refractivity contribution in [2.24, 2.45) is 0 Å². The van der Waals surface area contributed by atoms with Gasteiger partial charge in [-0.25, -0.2) is 0 Å². The average molecular weight is 276 g/mol. The molecule has 0 radical (unpaired) electrons. The first-order valence-corrected chi connectivity index (χ1v) is 5.57. The molecule has 0 atom stereocenters. The van der Waals surface area contributed by atoms with E-state index in [2.05, 4.69) is 0 Å². The monoisotopic (exact) mass is 274 g/mol. The van der Waals surface area contributed by atoms with Crippen LogP contribution in [0.25, 0.3) is 0 Å². The zero-order chi connectivity index (χ0) is 12.0. The van der Waals surface area contributed by atoms with Gasteiger partial charge in [-0.1, -0.05) is 53.0 Å². The molecule has 0 saturated carbocycles. The second-order valence-electron chi connectivity index (χ2n) is 2.89. The molecule has 0 fully saturated rings. The number of benzene rings is 2. The van der Waals surface area contributed by atoms with Crippen LogP contribution >= 0.6 is 34.8 Å². The van der Waals surface area contributed by atoms with E-state index >= 15 is 0 Å². The van der Waals surface area contributed by atoms with E-state index in [1.807, 2.05) is 6.07 Å². The van der Waals surface area contributed by atoms with Crippen LogP contribution in [0.4, 0.5) is 0 Å². The van der Waals surface area contributed by atoms with Gasteiger partial charge in [-0.15, -0.1) is 0 Å². The highest BCUT2D eigenvalue weighted by Crippen LogP contribution is 2.24. The summed E-state index contributed by atoms with van der Waals surface area (Å²) in [6, 6.07) is 13.7.